The molecule has 6 nitrogen and oxygen atoms in total. The summed E-state index contributed by atoms with van der Waals surface area (Å²) in [6.45, 7) is 5.25. The van der Waals surface area contributed by atoms with Crippen LogP contribution < -0.4 is 9.47 Å². The van der Waals surface area contributed by atoms with E-state index in [0.717, 1.165) is 34.0 Å². The van der Waals surface area contributed by atoms with Crippen LogP contribution in [0.2, 0.25) is 0 Å². The predicted molar refractivity (Wildman–Crippen MR) is 92.4 cm³/mol. The molecule has 0 aliphatic rings. The molecule has 0 saturated heterocycles. The quantitative estimate of drug-likeness (QED) is 0.699. The minimum absolute atomic E-state index is 0.530. The molecule has 6 heteroatoms. The zero-order chi connectivity index (χ0) is 17.1. The van der Waals surface area contributed by atoms with Gasteiger partial charge in [0.05, 0.1) is 37.6 Å². The molecule has 0 bridgehead atoms. The lowest BCUT2D eigenvalue weighted by atomic mass is 10.2. The van der Waals surface area contributed by atoms with Crippen LogP contribution in [0, 0.1) is 13.8 Å². The monoisotopic (exact) mass is 326 g/mol. The standard InChI is InChI=1S/C18H22N4O2/c1-13-5-6-17(18(9-13)23-4)24-8-7-22-12-19-10-16(22)15-11-21(3)20-14(15)2/h5-6,9-12H,7-8H2,1-4H3. The summed E-state index contributed by atoms with van der Waals surface area (Å²) in [5.41, 5.74) is 4.26. The highest BCUT2D eigenvalue weighted by molar-refractivity contribution is 5.60. The van der Waals surface area contributed by atoms with E-state index in [4.69, 9.17) is 9.47 Å². The van der Waals surface area contributed by atoms with Crippen LogP contribution in [0.4, 0.5) is 0 Å². The third-order valence-corrected chi connectivity index (χ3v) is 3.91. The first-order valence-electron chi connectivity index (χ1n) is 7.86. The summed E-state index contributed by atoms with van der Waals surface area (Å²) < 4.78 is 15.1. The number of rotatable bonds is 6. The normalized spacial score (nSPS) is 10.8. The number of hydrogen-bond acceptors (Lipinski definition) is 4. The van der Waals surface area contributed by atoms with Gasteiger partial charge in [0.2, 0.25) is 0 Å². The molecule has 3 rings (SSSR count). The minimum atomic E-state index is 0.530. The third-order valence-electron chi connectivity index (χ3n) is 3.91. The summed E-state index contributed by atoms with van der Waals surface area (Å²) in [5.74, 6) is 1.51. The van der Waals surface area contributed by atoms with Gasteiger partial charge < -0.3 is 14.0 Å². The van der Waals surface area contributed by atoms with E-state index >= 15 is 0 Å². The Morgan fingerprint density at radius 1 is 1.17 bits per heavy atom. The van der Waals surface area contributed by atoms with Gasteiger partial charge in [-0.05, 0) is 31.5 Å². The van der Waals surface area contributed by atoms with Gasteiger partial charge in [0.15, 0.2) is 11.5 Å². The molecule has 0 fully saturated rings. The molecule has 0 radical (unpaired) electrons. The van der Waals surface area contributed by atoms with Gasteiger partial charge in [-0.1, -0.05) is 6.07 Å². The Morgan fingerprint density at radius 2 is 2.00 bits per heavy atom. The van der Waals surface area contributed by atoms with Crippen molar-refractivity contribution in [2.45, 2.75) is 20.4 Å². The third kappa shape index (κ3) is 3.27. The first-order valence-corrected chi connectivity index (χ1v) is 7.86. The summed E-state index contributed by atoms with van der Waals surface area (Å²) in [6, 6.07) is 5.92. The maximum atomic E-state index is 5.89. The molecule has 0 aliphatic heterocycles. The second kappa shape index (κ2) is 6.78. The Kier molecular flexibility index (Phi) is 4.55. The summed E-state index contributed by atoms with van der Waals surface area (Å²) in [4.78, 5) is 4.27. The molecule has 0 aliphatic carbocycles. The summed E-state index contributed by atoms with van der Waals surface area (Å²) >= 11 is 0. The number of hydrogen-bond donors (Lipinski definition) is 0. The van der Waals surface area contributed by atoms with Crippen molar-refractivity contribution in [2.75, 3.05) is 13.7 Å². The first-order chi connectivity index (χ1) is 11.6. The van der Waals surface area contributed by atoms with E-state index in [9.17, 15) is 0 Å². The highest BCUT2D eigenvalue weighted by atomic mass is 16.5. The second-order valence-corrected chi connectivity index (χ2v) is 5.78. The maximum Gasteiger partial charge on any atom is 0.161 e. The zero-order valence-electron chi connectivity index (χ0n) is 14.5. The lowest BCUT2D eigenvalue weighted by Gasteiger charge is -2.12. The number of aryl methyl sites for hydroxylation is 3. The maximum absolute atomic E-state index is 5.89. The van der Waals surface area contributed by atoms with Crippen LogP contribution in [-0.2, 0) is 13.6 Å². The molecule has 0 atom stereocenters. The molecule has 126 valence electrons. The Balaban J connectivity index is 1.71. The van der Waals surface area contributed by atoms with Crippen LogP contribution >= 0.6 is 0 Å². The summed E-state index contributed by atoms with van der Waals surface area (Å²) in [6.07, 6.45) is 5.68. The fraction of sp³-hybridized carbons (Fsp3) is 0.333. The average Bonchev–Trinajstić information content (AvgIpc) is 3.14. The zero-order valence-corrected chi connectivity index (χ0v) is 14.5. The van der Waals surface area contributed by atoms with Crippen molar-refractivity contribution in [1.29, 1.82) is 0 Å². The van der Waals surface area contributed by atoms with Crippen molar-refractivity contribution in [2.24, 2.45) is 7.05 Å². The van der Waals surface area contributed by atoms with Gasteiger partial charge in [-0.2, -0.15) is 5.10 Å². The molecule has 1 aromatic carbocycles. The molecule has 0 N–H and O–H groups in total. The summed E-state index contributed by atoms with van der Waals surface area (Å²) in [5, 5.41) is 4.39. The predicted octanol–water partition coefficient (Wildman–Crippen LogP) is 2.99. The van der Waals surface area contributed by atoms with Crippen LogP contribution in [0.25, 0.3) is 11.3 Å². The Labute approximate surface area is 141 Å². The van der Waals surface area contributed by atoms with Gasteiger partial charge in [0.25, 0.3) is 0 Å². The SMILES string of the molecule is COc1cc(C)ccc1OCCn1cncc1-c1cn(C)nc1C. The van der Waals surface area contributed by atoms with Gasteiger partial charge in [-0.25, -0.2) is 4.98 Å². The van der Waals surface area contributed by atoms with Crippen LogP contribution in [0.3, 0.4) is 0 Å². The van der Waals surface area contributed by atoms with E-state index in [2.05, 4.69) is 14.6 Å². The van der Waals surface area contributed by atoms with Crippen molar-refractivity contribution in [3.8, 4) is 22.8 Å². The number of ether oxygens (including phenoxy) is 2. The van der Waals surface area contributed by atoms with Gasteiger partial charge in [-0.15, -0.1) is 0 Å². The van der Waals surface area contributed by atoms with Gasteiger partial charge in [-0.3, -0.25) is 4.68 Å². The topological polar surface area (TPSA) is 54.1 Å². The largest absolute Gasteiger partial charge is 0.493 e. The van der Waals surface area contributed by atoms with Crippen LogP contribution in [-0.4, -0.2) is 33.0 Å². The highest BCUT2D eigenvalue weighted by Gasteiger charge is 2.11. The Hall–Kier alpha value is -2.76. The molecular formula is C18H22N4O2. The molecule has 0 spiro atoms. The van der Waals surface area contributed by atoms with Crippen LogP contribution in [0.15, 0.2) is 36.9 Å². The lowest BCUT2D eigenvalue weighted by molar-refractivity contribution is 0.280. The second-order valence-electron chi connectivity index (χ2n) is 5.78. The molecule has 0 saturated carbocycles. The van der Waals surface area contributed by atoms with Crippen molar-refractivity contribution in [3.05, 3.63) is 48.2 Å². The van der Waals surface area contributed by atoms with Gasteiger partial charge >= 0.3 is 0 Å². The molecular weight excluding hydrogens is 304 g/mol. The van der Waals surface area contributed by atoms with E-state index in [1.165, 1.54) is 0 Å². The van der Waals surface area contributed by atoms with Crippen molar-refractivity contribution in [3.63, 3.8) is 0 Å². The van der Waals surface area contributed by atoms with E-state index in [1.54, 1.807) is 7.11 Å². The van der Waals surface area contributed by atoms with Crippen molar-refractivity contribution >= 4 is 0 Å². The van der Waals surface area contributed by atoms with Crippen molar-refractivity contribution in [1.82, 2.24) is 19.3 Å². The number of methoxy groups -OCH3 is 1. The van der Waals surface area contributed by atoms with Crippen LogP contribution in [0.5, 0.6) is 11.5 Å². The van der Waals surface area contributed by atoms with E-state index in [-0.39, 0.29) is 0 Å². The lowest BCUT2D eigenvalue weighted by Crippen LogP contribution is -2.09. The molecule has 0 amide bonds. The minimum Gasteiger partial charge on any atom is -0.493 e. The fourth-order valence-electron chi connectivity index (χ4n) is 2.72. The molecule has 2 aromatic heterocycles. The number of benzene rings is 1. The average molecular weight is 326 g/mol. The number of imidazole rings is 1. The first kappa shape index (κ1) is 16.1. The Bertz CT molecular complexity index is 835. The Morgan fingerprint density at radius 3 is 2.71 bits per heavy atom. The molecule has 2 heterocycles. The molecule has 3 aromatic rings. The van der Waals surface area contributed by atoms with E-state index in [1.807, 2.05) is 62.5 Å². The van der Waals surface area contributed by atoms with Gasteiger partial charge in [0, 0.05) is 18.8 Å². The smallest absolute Gasteiger partial charge is 0.161 e. The van der Waals surface area contributed by atoms with Gasteiger partial charge in [0.1, 0.15) is 6.61 Å². The van der Waals surface area contributed by atoms with E-state index in [0.29, 0.717) is 13.2 Å². The highest BCUT2D eigenvalue weighted by Crippen LogP contribution is 2.28. The number of aromatic nitrogens is 4. The molecule has 0 unspecified atom stereocenters. The van der Waals surface area contributed by atoms with E-state index < -0.39 is 0 Å². The summed E-state index contributed by atoms with van der Waals surface area (Å²) in [7, 11) is 3.57. The fourth-order valence-corrected chi connectivity index (χ4v) is 2.72. The van der Waals surface area contributed by atoms with Crippen LogP contribution in [0.1, 0.15) is 11.3 Å². The van der Waals surface area contributed by atoms with Crippen molar-refractivity contribution < 1.29 is 9.47 Å². The molecule has 24 heavy (non-hydrogen) atoms. The number of nitrogens with zero attached hydrogens (tertiary/aromatic N) is 4.